The van der Waals surface area contributed by atoms with Crippen molar-refractivity contribution in [2.75, 3.05) is 45.4 Å². The molecular weight excluding hydrogens is 544 g/mol. The average Bonchev–Trinajstić information content (AvgIpc) is 3.31. The Morgan fingerprint density at radius 2 is 2.05 bits per heavy atom. The molecule has 41 heavy (non-hydrogen) atoms. The number of hydrogen-bond donors (Lipinski definition) is 2. The van der Waals surface area contributed by atoms with Crippen LogP contribution in [0.25, 0.3) is 0 Å². The van der Waals surface area contributed by atoms with Gasteiger partial charge in [0, 0.05) is 62.5 Å². The molecule has 2 aromatic heterocycles. The van der Waals surface area contributed by atoms with Gasteiger partial charge < -0.3 is 24.6 Å². The van der Waals surface area contributed by atoms with Crippen LogP contribution in [0.3, 0.4) is 0 Å². The summed E-state index contributed by atoms with van der Waals surface area (Å²) < 4.78 is 19.0. The molecule has 5 rings (SSSR count). The number of anilines is 1. The molecule has 3 aromatic rings. The highest BCUT2D eigenvalue weighted by Crippen LogP contribution is 2.39. The lowest BCUT2D eigenvalue weighted by Crippen LogP contribution is -2.38. The van der Waals surface area contributed by atoms with Crippen molar-refractivity contribution in [3.63, 3.8) is 0 Å². The highest BCUT2D eigenvalue weighted by molar-refractivity contribution is 6.30. The van der Waals surface area contributed by atoms with E-state index in [-0.39, 0.29) is 17.8 Å². The zero-order valence-electron chi connectivity index (χ0n) is 23.8. The summed E-state index contributed by atoms with van der Waals surface area (Å²) in [5, 5.41) is 18.4. The van der Waals surface area contributed by atoms with E-state index in [9.17, 15) is 9.90 Å². The summed E-state index contributed by atoms with van der Waals surface area (Å²) in [6.45, 7) is 3.28. The van der Waals surface area contributed by atoms with Gasteiger partial charge in [-0.15, -0.1) is 0 Å². The first kappa shape index (κ1) is 29.4. The Morgan fingerprint density at radius 3 is 2.83 bits per heavy atom. The number of ether oxygens (including phenoxy) is 3. The molecule has 1 fully saturated rings. The van der Waals surface area contributed by atoms with Crippen LogP contribution in [0.2, 0.25) is 5.02 Å². The van der Waals surface area contributed by atoms with Crippen LogP contribution < -0.4 is 10.1 Å². The summed E-state index contributed by atoms with van der Waals surface area (Å²) in [4.78, 5) is 16.7. The van der Waals surface area contributed by atoms with Gasteiger partial charge in [-0.3, -0.25) is 4.79 Å². The van der Waals surface area contributed by atoms with Crippen molar-refractivity contribution in [1.82, 2.24) is 14.8 Å². The molecule has 0 saturated carbocycles. The minimum absolute atomic E-state index is 0.0367. The summed E-state index contributed by atoms with van der Waals surface area (Å²) >= 11 is 6.62. The second kappa shape index (κ2) is 13.2. The van der Waals surface area contributed by atoms with E-state index in [2.05, 4.69) is 28.6 Å². The Balaban J connectivity index is 1.30. The largest absolute Gasteiger partial charge is 0.481 e. The summed E-state index contributed by atoms with van der Waals surface area (Å²) in [6, 6.07) is 12.1. The van der Waals surface area contributed by atoms with Gasteiger partial charge in [0.15, 0.2) is 0 Å². The maximum absolute atomic E-state index is 11.9. The normalized spacial score (nSPS) is 17.0. The van der Waals surface area contributed by atoms with Crippen molar-refractivity contribution in [2.24, 2.45) is 7.05 Å². The fourth-order valence-corrected chi connectivity index (χ4v) is 6.23. The van der Waals surface area contributed by atoms with E-state index in [0.717, 1.165) is 60.6 Å². The number of halogens is 1. The SMILES string of the molecule is COCC1(c2cc(Cl)cc(C(CC(=O)O)Cc3cc(OCCc4ccc5c(n4)NCCC5)n(C)n3)c2)CCOCC1. The first-order valence-electron chi connectivity index (χ1n) is 14.3. The third-order valence-corrected chi connectivity index (χ3v) is 8.42. The number of aliphatic carboxylic acids is 1. The zero-order chi connectivity index (χ0) is 28.8. The number of carboxylic acids is 1. The standard InChI is InChI=1S/C31H39ClN4O5/c1-36-28(41-11-7-26-6-5-21-4-3-10-33-30(21)34-26)19-27(35-36)16-23(17-29(37)38)22-14-24(18-25(32)15-22)31(20-39-2)8-12-40-13-9-31/h5-6,14-15,18-19,23H,3-4,7-13,16-17,20H2,1-2H3,(H,33,34)(H,37,38). The van der Waals surface area contributed by atoms with E-state index in [4.69, 9.17) is 30.8 Å². The molecule has 2 aliphatic heterocycles. The molecule has 0 bridgehead atoms. The number of fused-ring (bicyclic) bond motifs is 1. The van der Waals surface area contributed by atoms with E-state index < -0.39 is 5.97 Å². The van der Waals surface area contributed by atoms with Gasteiger partial charge in [-0.1, -0.05) is 23.7 Å². The number of hydrogen-bond acceptors (Lipinski definition) is 7. The highest BCUT2D eigenvalue weighted by atomic mass is 35.5. The monoisotopic (exact) mass is 582 g/mol. The lowest BCUT2D eigenvalue weighted by molar-refractivity contribution is -0.137. The van der Waals surface area contributed by atoms with Crippen molar-refractivity contribution in [3.8, 4) is 5.88 Å². The van der Waals surface area contributed by atoms with Gasteiger partial charge in [0.1, 0.15) is 5.82 Å². The van der Waals surface area contributed by atoms with Gasteiger partial charge in [0.25, 0.3) is 0 Å². The maximum Gasteiger partial charge on any atom is 0.303 e. The lowest BCUT2D eigenvalue weighted by atomic mass is 9.73. The van der Waals surface area contributed by atoms with Crippen molar-refractivity contribution in [2.45, 2.75) is 56.3 Å². The van der Waals surface area contributed by atoms with Crippen molar-refractivity contribution in [1.29, 1.82) is 0 Å². The van der Waals surface area contributed by atoms with E-state index >= 15 is 0 Å². The first-order valence-corrected chi connectivity index (χ1v) is 14.7. The third kappa shape index (κ3) is 7.20. The molecule has 1 saturated heterocycles. The Kier molecular flexibility index (Phi) is 9.47. The van der Waals surface area contributed by atoms with Gasteiger partial charge in [-0.2, -0.15) is 5.10 Å². The molecule has 4 heterocycles. The van der Waals surface area contributed by atoms with Crippen LogP contribution >= 0.6 is 11.6 Å². The number of rotatable bonds is 12. The van der Waals surface area contributed by atoms with Crippen LogP contribution in [0.1, 0.15) is 59.7 Å². The molecule has 9 nitrogen and oxygen atoms in total. The lowest BCUT2D eigenvalue weighted by Gasteiger charge is -2.37. The molecule has 220 valence electrons. The minimum atomic E-state index is -0.867. The topological polar surface area (TPSA) is 108 Å². The number of benzene rings is 1. The van der Waals surface area contributed by atoms with Crippen LogP contribution in [0.5, 0.6) is 5.88 Å². The van der Waals surface area contributed by atoms with Crippen molar-refractivity contribution >= 4 is 23.4 Å². The molecule has 10 heteroatoms. The predicted octanol–water partition coefficient (Wildman–Crippen LogP) is 4.94. The molecular formula is C31H39ClN4O5. The Morgan fingerprint density at radius 1 is 1.22 bits per heavy atom. The van der Waals surface area contributed by atoms with E-state index in [1.165, 1.54) is 5.56 Å². The van der Waals surface area contributed by atoms with Crippen molar-refractivity contribution in [3.05, 3.63) is 69.5 Å². The molecule has 0 aliphatic carbocycles. The number of carboxylic acid groups (broad SMARTS) is 1. The molecule has 0 spiro atoms. The van der Waals surface area contributed by atoms with Gasteiger partial charge in [0.05, 0.1) is 25.3 Å². The quantitative estimate of drug-likeness (QED) is 0.309. The van der Waals surface area contributed by atoms with Gasteiger partial charge in [0.2, 0.25) is 5.88 Å². The average molecular weight is 583 g/mol. The van der Waals surface area contributed by atoms with Gasteiger partial charge in [-0.05, 0) is 72.9 Å². The summed E-state index contributed by atoms with van der Waals surface area (Å²) in [7, 11) is 3.54. The van der Waals surface area contributed by atoms with E-state index in [1.807, 2.05) is 25.2 Å². The number of pyridine rings is 1. The van der Waals surface area contributed by atoms with Gasteiger partial charge in [-0.25, -0.2) is 9.67 Å². The number of nitrogens with one attached hydrogen (secondary N) is 1. The molecule has 2 N–H and O–H groups in total. The number of aryl methyl sites for hydroxylation is 2. The van der Waals surface area contributed by atoms with Gasteiger partial charge >= 0.3 is 5.97 Å². The van der Waals surface area contributed by atoms with E-state index in [0.29, 0.717) is 50.2 Å². The Hall–Kier alpha value is -3.14. The fraction of sp³-hybridized carbons (Fsp3) is 0.516. The second-order valence-corrected chi connectivity index (χ2v) is 11.6. The van der Waals surface area contributed by atoms with Crippen LogP contribution in [0.15, 0.2) is 36.4 Å². The molecule has 2 aliphatic rings. The summed E-state index contributed by atoms with van der Waals surface area (Å²) in [5.41, 5.74) is 4.75. The molecule has 0 amide bonds. The maximum atomic E-state index is 11.9. The molecule has 1 aromatic carbocycles. The Bertz CT molecular complexity index is 1350. The predicted molar refractivity (Wildman–Crippen MR) is 157 cm³/mol. The zero-order valence-corrected chi connectivity index (χ0v) is 24.6. The first-order chi connectivity index (χ1) is 19.8. The summed E-state index contributed by atoms with van der Waals surface area (Å²) in [5.74, 6) is 0.446. The van der Waals surface area contributed by atoms with Crippen LogP contribution in [0.4, 0.5) is 5.82 Å². The Labute approximate surface area is 246 Å². The van der Waals surface area contributed by atoms with Crippen LogP contribution in [0, 0.1) is 0 Å². The minimum Gasteiger partial charge on any atom is -0.481 e. The van der Waals surface area contributed by atoms with Crippen LogP contribution in [-0.2, 0) is 46.0 Å². The smallest absolute Gasteiger partial charge is 0.303 e. The van der Waals surface area contributed by atoms with Crippen LogP contribution in [-0.4, -0.2) is 65.9 Å². The molecule has 1 unspecified atom stereocenters. The van der Waals surface area contributed by atoms with E-state index in [1.54, 1.807) is 11.8 Å². The number of aromatic nitrogens is 3. The number of carbonyl (C=O) groups is 1. The summed E-state index contributed by atoms with van der Waals surface area (Å²) in [6.07, 6.45) is 4.93. The fourth-order valence-electron chi connectivity index (χ4n) is 5.99. The molecule has 1 atom stereocenters. The second-order valence-electron chi connectivity index (χ2n) is 11.1. The van der Waals surface area contributed by atoms with Crippen molar-refractivity contribution < 1.29 is 24.1 Å². The number of methoxy groups -OCH3 is 1. The highest BCUT2D eigenvalue weighted by Gasteiger charge is 2.35. The third-order valence-electron chi connectivity index (χ3n) is 8.20. The number of nitrogens with zero attached hydrogens (tertiary/aromatic N) is 3. The molecule has 0 radical (unpaired) electrons.